The molecule has 3 heteroatoms. The Labute approximate surface area is 90.4 Å². The number of thiophene rings is 1. The molecule has 15 heavy (non-hydrogen) atoms. The number of hydrogen-bond donors (Lipinski definition) is 1. The maximum Gasteiger partial charge on any atom is 0.134 e. The Kier molecular flexibility index (Phi) is 1.79. The molecule has 0 aliphatic rings. The van der Waals surface area contributed by atoms with Crippen LogP contribution in [0.15, 0.2) is 45.7 Å². The highest BCUT2D eigenvalue weighted by atomic mass is 32.1. The molecule has 0 saturated heterocycles. The largest absolute Gasteiger partial charge is 0.508 e. The first-order valence-electron chi connectivity index (χ1n) is 4.57. The second-order valence-corrected chi connectivity index (χ2v) is 4.12. The molecule has 2 aromatic heterocycles. The summed E-state index contributed by atoms with van der Waals surface area (Å²) >= 11 is 1.65. The van der Waals surface area contributed by atoms with Gasteiger partial charge in [0.2, 0.25) is 0 Å². The highest BCUT2D eigenvalue weighted by molar-refractivity contribution is 7.08. The number of furan rings is 1. The second kappa shape index (κ2) is 3.14. The molecule has 0 spiro atoms. The van der Waals surface area contributed by atoms with Gasteiger partial charge in [-0.05, 0) is 40.6 Å². The van der Waals surface area contributed by atoms with Crippen LogP contribution >= 0.6 is 11.3 Å². The number of rotatable bonds is 1. The predicted octanol–water partition coefficient (Wildman–Crippen LogP) is 3.87. The predicted molar refractivity (Wildman–Crippen MR) is 61.2 cm³/mol. The maximum absolute atomic E-state index is 9.43. The lowest BCUT2D eigenvalue weighted by atomic mass is 10.1. The van der Waals surface area contributed by atoms with Crippen molar-refractivity contribution >= 4 is 22.3 Å². The van der Waals surface area contributed by atoms with E-state index in [1.54, 1.807) is 35.8 Å². The van der Waals surface area contributed by atoms with E-state index in [9.17, 15) is 5.11 Å². The smallest absolute Gasteiger partial charge is 0.134 e. The number of hydrogen-bond acceptors (Lipinski definition) is 3. The zero-order chi connectivity index (χ0) is 10.3. The van der Waals surface area contributed by atoms with Crippen molar-refractivity contribution in [2.45, 2.75) is 0 Å². The highest BCUT2D eigenvalue weighted by Gasteiger charge is 2.08. The molecule has 0 atom stereocenters. The van der Waals surface area contributed by atoms with Crippen molar-refractivity contribution in [2.75, 3.05) is 0 Å². The van der Waals surface area contributed by atoms with Crippen molar-refractivity contribution in [1.82, 2.24) is 0 Å². The number of aromatic hydroxyl groups is 1. The van der Waals surface area contributed by atoms with E-state index in [1.807, 2.05) is 11.4 Å². The van der Waals surface area contributed by atoms with Crippen LogP contribution in [0, 0.1) is 0 Å². The first-order chi connectivity index (χ1) is 7.34. The molecule has 0 fully saturated rings. The molecule has 0 aliphatic carbocycles. The fourth-order valence-electron chi connectivity index (χ4n) is 1.66. The van der Waals surface area contributed by atoms with Crippen LogP contribution in [-0.2, 0) is 0 Å². The van der Waals surface area contributed by atoms with Crippen LogP contribution in [0.2, 0.25) is 0 Å². The minimum absolute atomic E-state index is 0.264. The number of benzene rings is 1. The third-order valence-corrected chi connectivity index (χ3v) is 3.07. The minimum Gasteiger partial charge on any atom is -0.508 e. The highest BCUT2D eigenvalue weighted by Crippen LogP contribution is 2.33. The molecule has 0 bridgehead atoms. The van der Waals surface area contributed by atoms with Crippen molar-refractivity contribution in [3.8, 4) is 16.9 Å². The van der Waals surface area contributed by atoms with Gasteiger partial charge in [-0.3, -0.25) is 0 Å². The molecule has 0 unspecified atom stereocenters. The van der Waals surface area contributed by atoms with E-state index in [0.717, 1.165) is 22.1 Å². The molecule has 3 aromatic rings. The average molecular weight is 216 g/mol. The van der Waals surface area contributed by atoms with Crippen molar-refractivity contribution < 1.29 is 9.52 Å². The summed E-state index contributed by atoms with van der Waals surface area (Å²) in [6.45, 7) is 0. The van der Waals surface area contributed by atoms with E-state index in [1.165, 1.54) is 0 Å². The summed E-state index contributed by atoms with van der Waals surface area (Å²) < 4.78 is 5.42. The van der Waals surface area contributed by atoms with Gasteiger partial charge in [0.15, 0.2) is 0 Å². The summed E-state index contributed by atoms with van der Waals surface area (Å²) in [5.74, 6) is 0.264. The van der Waals surface area contributed by atoms with Gasteiger partial charge in [0, 0.05) is 10.9 Å². The third kappa shape index (κ3) is 1.32. The van der Waals surface area contributed by atoms with Gasteiger partial charge in [-0.15, -0.1) is 0 Å². The zero-order valence-corrected chi connectivity index (χ0v) is 8.62. The normalized spacial score (nSPS) is 10.9. The summed E-state index contributed by atoms with van der Waals surface area (Å²) in [5, 5.41) is 14.5. The van der Waals surface area contributed by atoms with Gasteiger partial charge in [-0.25, -0.2) is 0 Å². The molecular formula is C12H8O2S. The Hall–Kier alpha value is -1.74. The number of fused-ring (bicyclic) bond motifs is 1. The molecule has 2 heterocycles. The van der Waals surface area contributed by atoms with Crippen LogP contribution in [-0.4, -0.2) is 5.11 Å². The topological polar surface area (TPSA) is 33.4 Å². The summed E-state index contributed by atoms with van der Waals surface area (Å²) in [6.07, 6.45) is 1.73. The lowest BCUT2D eigenvalue weighted by molar-refractivity contribution is 0.476. The maximum atomic E-state index is 9.43. The van der Waals surface area contributed by atoms with Crippen molar-refractivity contribution in [3.63, 3.8) is 0 Å². The molecule has 0 radical (unpaired) electrons. The van der Waals surface area contributed by atoms with Gasteiger partial charge in [0.1, 0.15) is 11.3 Å². The minimum atomic E-state index is 0.264. The summed E-state index contributed by atoms with van der Waals surface area (Å²) in [4.78, 5) is 0. The van der Waals surface area contributed by atoms with E-state index in [4.69, 9.17) is 4.42 Å². The Morgan fingerprint density at radius 2 is 2.13 bits per heavy atom. The Morgan fingerprint density at radius 3 is 2.93 bits per heavy atom. The second-order valence-electron chi connectivity index (χ2n) is 3.34. The molecule has 1 aromatic carbocycles. The molecule has 0 amide bonds. The fourth-order valence-corrected chi connectivity index (χ4v) is 2.31. The zero-order valence-electron chi connectivity index (χ0n) is 7.81. The monoisotopic (exact) mass is 216 g/mol. The van der Waals surface area contributed by atoms with Crippen molar-refractivity contribution in [1.29, 1.82) is 0 Å². The SMILES string of the molecule is Oc1ccc2occ(-c3ccsc3)c2c1. The van der Waals surface area contributed by atoms with E-state index in [2.05, 4.69) is 5.38 Å². The summed E-state index contributed by atoms with van der Waals surface area (Å²) in [7, 11) is 0. The van der Waals surface area contributed by atoms with E-state index in [-0.39, 0.29) is 5.75 Å². The van der Waals surface area contributed by atoms with Crippen LogP contribution in [0.5, 0.6) is 5.75 Å². The van der Waals surface area contributed by atoms with Gasteiger partial charge in [-0.2, -0.15) is 11.3 Å². The van der Waals surface area contributed by atoms with E-state index < -0.39 is 0 Å². The standard InChI is InChI=1S/C12H8O2S/c13-9-1-2-12-10(5-9)11(6-14-12)8-3-4-15-7-8/h1-7,13H. The molecule has 2 nitrogen and oxygen atoms in total. The molecule has 1 N–H and O–H groups in total. The van der Waals surface area contributed by atoms with Gasteiger partial charge < -0.3 is 9.52 Å². The molecule has 74 valence electrons. The van der Waals surface area contributed by atoms with Crippen LogP contribution in [0.3, 0.4) is 0 Å². The van der Waals surface area contributed by atoms with Gasteiger partial charge >= 0.3 is 0 Å². The quantitative estimate of drug-likeness (QED) is 0.670. The van der Waals surface area contributed by atoms with E-state index >= 15 is 0 Å². The number of phenolic OH excluding ortho intramolecular Hbond substituents is 1. The lowest BCUT2D eigenvalue weighted by Crippen LogP contribution is -1.70. The van der Waals surface area contributed by atoms with Gasteiger partial charge in [0.25, 0.3) is 0 Å². The van der Waals surface area contributed by atoms with Gasteiger partial charge in [0.05, 0.1) is 6.26 Å². The lowest BCUT2D eigenvalue weighted by Gasteiger charge is -1.94. The summed E-state index contributed by atoms with van der Waals surface area (Å²) in [5.41, 5.74) is 2.96. The molecule has 0 aliphatic heterocycles. The molecule has 3 rings (SSSR count). The van der Waals surface area contributed by atoms with Crippen molar-refractivity contribution in [2.24, 2.45) is 0 Å². The average Bonchev–Trinajstić information content (AvgIpc) is 2.83. The molecular weight excluding hydrogens is 208 g/mol. The Morgan fingerprint density at radius 1 is 1.20 bits per heavy atom. The van der Waals surface area contributed by atoms with E-state index in [0.29, 0.717) is 0 Å². The fraction of sp³-hybridized carbons (Fsp3) is 0. The third-order valence-electron chi connectivity index (χ3n) is 2.39. The first kappa shape index (κ1) is 8.56. The van der Waals surface area contributed by atoms with Crippen molar-refractivity contribution in [3.05, 3.63) is 41.3 Å². The van der Waals surface area contributed by atoms with Crippen LogP contribution in [0.4, 0.5) is 0 Å². The van der Waals surface area contributed by atoms with Gasteiger partial charge in [-0.1, -0.05) is 0 Å². The summed E-state index contributed by atoms with van der Waals surface area (Å²) in [6, 6.07) is 7.18. The van der Waals surface area contributed by atoms with Crippen LogP contribution in [0.1, 0.15) is 0 Å². The number of phenols is 1. The Bertz CT molecular complexity index is 593. The Balaban J connectivity index is 2.32. The first-order valence-corrected chi connectivity index (χ1v) is 5.52. The van der Waals surface area contributed by atoms with Crippen LogP contribution < -0.4 is 0 Å². The molecule has 0 saturated carbocycles. The van der Waals surface area contributed by atoms with Crippen LogP contribution in [0.25, 0.3) is 22.1 Å².